The Kier molecular flexibility index (Phi) is 5.99. The zero-order valence-electron chi connectivity index (χ0n) is 17.0. The molecular formula is C24H20Cl2FNO3S. The molecule has 0 bridgehead atoms. The van der Waals surface area contributed by atoms with Crippen molar-refractivity contribution in [3.63, 3.8) is 0 Å². The molecule has 1 fully saturated rings. The van der Waals surface area contributed by atoms with Crippen molar-refractivity contribution < 1.29 is 18.4 Å². The summed E-state index contributed by atoms with van der Waals surface area (Å²) in [6, 6.07) is 16.2. The van der Waals surface area contributed by atoms with E-state index < -0.39 is 17.1 Å². The zero-order chi connectivity index (χ0) is 22.3. The van der Waals surface area contributed by atoms with Crippen LogP contribution in [0.15, 0.2) is 65.6 Å². The van der Waals surface area contributed by atoms with E-state index in [1.807, 2.05) is 4.31 Å². The van der Waals surface area contributed by atoms with Gasteiger partial charge >= 0.3 is 5.79 Å². The zero-order valence-corrected chi connectivity index (χ0v) is 19.4. The van der Waals surface area contributed by atoms with Crippen LogP contribution >= 0.6 is 23.2 Å². The number of benzene rings is 3. The third-order valence-corrected chi connectivity index (χ3v) is 7.72. The largest absolute Gasteiger partial charge is 0.593 e. The molecule has 1 saturated heterocycles. The van der Waals surface area contributed by atoms with Crippen molar-refractivity contribution in [3.05, 3.63) is 87.7 Å². The Morgan fingerprint density at radius 1 is 0.875 bits per heavy atom. The molecular weight excluding hydrogens is 472 g/mol. The maximum absolute atomic E-state index is 13.7. The van der Waals surface area contributed by atoms with Crippen LogP contribution < -0.4 is 9.47 Å². The first kappa shape index (κ1) is 21.9. The third kappa shape index (κ3) is 3.95. The minimum atomic E-state index is -1.43. The van der Waals surface area contributed by atoms with Crippen LogP contribution in [0, 0.1) is 5.82 Å². The number of halogens is 3. The predicted molar refractivity (Wildman–Crippen MR) is 123 cm³/mol. The van der Waals surface area contributed by atoms with Gasteiger partial charge in [0.2, 0.25) is 0 Å². The smallest absolute Gasteiger partial charge is 0.307 e. The van der Waals surface area contributed by atoms with Crippen molar-refractivity contribution >= 4 is 34.6 Å². The number of ether oxygens (including phenoxy) is 2. The van der Waals surface area contributed by atoms with Gasteiger partial charge in [-0.05, 0) is 67.4 Å². The molecule has 8 heteroatoms. The molecule has 0 aromatic heterocycles. The Bertz CT molecular complexity index is 1140. The average Bonchev–Trinajstić information content (AvgIpc) is 3.19. The van der Waals surface area contributed by atoms with Crippen LogP contribution in [0.4, 0.5) is 4.39 Å². The van der Waals surface area contributed by atoms with Gasteiger partial charge in [0, 0.05) is 29.7 Å². The molecule has 0 N–H and O–H groups in total. The van der Waals surface area contributed by atoms with E-state index in [2.05, 4.69) is 0 Å². The Labute approximate surface area is 199 Å². The third-order valence-electron chi connectivity index (χ3n) is 5.68. The van der Waals surface area contributed by atoms with E-state index in [0.29, 0.717) is 37.6 Å². The van der Waals surface area contributed by atoms with Gasteiger partial charge in [-0.3, -0.25) is 0 Å². The van der Waals surface area contributed by atoms with Gasteiger partial charge in [0.05, 0.1) is 21.9 Å². The van der Waals surface area contributed by atoms with Crippen molar-refractivity contribution in [2.24, 2.45) is 0 Å². The molecule has 166 valence electrons. The van der Waals surface area contributed by atoms with Crippen LogP contribution in [-0.2, 0) is 17.1 Å². The summed E-state index contributed by atoms with van der Waals surface area (Å²) in [6.45, 7) is 1.61. The van der Waals surface area contributed by atoms with Gasteiger partial charge in [-0.2, -0.15) is 0 Å². The standard InChI is InChI=1S/C24H20Cl2FNO3S/c25-17-6-10-20(21(26)14-17)24(16-4-7-18(27)8-5-16)30-22-11-9-19(15-23(22)31-24)32(29)28-12-2-1-3-13-28/h4-11,14-15H,1-3,12-13H2. The van der Waals surface area contributed by atoms with E-state index >= 15 is 0 Å². The van der Waals surface area contributed by atoms with Crippen LogP contribution in [0.2, 0.25) is 10.0 Å². The second-order valence-corrected chi connectivity index (χ2v) is 10.1. The highest BCUT2D eigenvalue weighted by atomic mass is 35.5. The number of piperidine rings is 1. The monoisotopic (exact) mass is 491 g/mol. The van der Waals surface area contributed by atoms with Crippen LogP contribution in [0.3, 0.4) is 0 Å². The first-order chi connectivity index (χ1) is 15.5. The minimum absolute atomic E-state index is 0.353. The lowest BCUT2D eigenvalue weighted by Crippen LogP contribution is -2.37. The molecule has 2 aliphatic rings. The van der Waals surface area contributed by atoms with Crippen molar-refractivity contribution in [1.29, 1.82) is 0 Å². The topological polar surface area (TPSA) is 44.8 Å². The lowest BCUT2D eigenvalue weighted by Gasteiger charge is -2.29. The summed E-state index contributed by atoms with van der Waals surface area (Å²) in [5.41, 5.74) is 1.10. The molecule has 32 heavy (non-hydrogen) atoms. The first-order valence-electron chi connectivity index (χ1n) is 10.4. The fourth-order valence-electron chi connectivity index (χ4n) is 4.08. The Balaban J connectivity index is 1.55. The molecule has 2 atom stereocenters. The molecule has 3 aromatic carbocycles. The molecule has 2 aliphatic heterocycles. The number of hydrogen-bond donors (Lipinski definition) is 0. The normalized spacial score (nSPS) is 21.5. The summed E-state index contributed by atoms with van der Waals surface area (Å²) in [5, 5.41) is 0.828. The second kappa shape index (κ2) is 8.76. The van der Waals surface area contributed by atoms with Crippen LogP contribution in [0.25, 0.3) is 0 Å². The summed E-state index contributed by atoms with van der Waals surface area (Å²) in [6.07, 6.45) is 3.24. The van der Waals surface area contributed by atoms with E-state index in [9.17, 15) is 8.94 Å². The lowest BCUT2D eigenvalue weighted by molar-refractivity contribution is -0.0458. The number of hydrogen-bond acceptors (Lipinski definition) is 4. The quantitative estimate of drug-likeness (QED) is 0.401. The summed E-state index contributed by atoms with van der Waals surface area (Å²) in [7, 11) is 0. The first-order valence-corrected chi connectivity index (χ1v) is 12.2. The summed E-state index contributed by atoms with van der Waals surface area (Å²) >= 11 is 11.4. The van der Waals surface area contributed by atoms with Gasteiger partial charge in [0.25, 0.3) is 0 Å². The second-order valence-electron chi connectivity index (χ2n) is 7.80. The molecule has 2 unspecified atom stereocenters. The van der Waals surface area contributed by atoms with E-state index in [1.165, 1.54) is 12.1 Å². The minimum Gasteiger partial charge on any atom is -0.593 e. The molecule has 0 saturated carbocycles. The van der Waals surface area contributed by atoms with Gasteiger partial charge in [-0.25, -0.2) is 4.39 Å². The average molecular weight is 492 g/mol. The highest BCUT2D eigenvalue weighted by molar-refractivity contribution is 7.89. The van der Waals surface area contributed by atoms with Gasteiger partial charge in [0.1, 0.15) is 5.82 Å². The fourth-order valence-corrected chi connectivity index (χ4v) is 5.89. The molecule has 0 spiro atoms. The number of nitrogens with zero attached hydrogens (tertiary/aromatic N) is 1. The molecule has 0 aliphatic carbocycles. The van der Waals surface area contributed by atoms with Crippen molar-refractivity contribution in [2.75, 3.05) is 13.1 Å². The highest BCUT2D eigenvalue weighted by Gasteiger charge is 2.47. The number of rotatable bonds is 4. The van der Waals surface area contributed by atoms with E-state index in [1.54, 1.807) is 48.5 Å². The Morgan fingerprint density at radius 2 is 1.59 bits per heavy atom. The maximum Gasteiger partial charge on any atom is 0.307 e. The molecule has 4 nitrogen and oxygen atoms in total. The summed E-state index contributed by atoms with van der Waals surface area (Å²) < 4.78 is 41.4. The van der Waals surface area contributed by atoms with Crippen molar-refractivity contribution in [3.8, 4) is 11.5 Å². The number of fused-ring (bicyclic) bond motifs is 1. The maximum atomic E-state index is 13.7. The SMILES string of the molecule is [O-][S+](c1ccc2c(c1)OC(c1ccc(F)cc1)(c1ccc(Cl)cc1Cl)O2)N1CCCCC1. The lowest BCUT2D eigenvalue weighted by atomic mass is 9.97. The van der Waals surface area contributed by atoms with Gasteiger partial charge in [-0.1, -0.05) is 29.6 Å². The molecule has 0 radical (unpaired) electrons. The van der Waals surface area contributed by atoms with Gasteiger partial charge in [0.15, 0.2) is 16.4 Å². The van der Waals surface area contributed by atoms with Crippen LogP contribution in [0.5, 0.6) is 11.5 Å². The molecule has 0 amide bonds. The summed E-state index contributed by atoms with van der Waals surface area (Å²) in [5.74, 6) is -0.869. The molecule has 5 rings (SSSR count). The van der Waals surface area contributed by atoms with Gasteiger partial charge < -0.3 is 14.0 Å². The highest BCUT2D eigenvalue weighted by Crippen LogP contribution is 2.50. The van der Waals surface area contributed by atoms with Crippen LogP contribution in [0.1, 0.15) is 30.4 Å². The fraction of sp³-hybridized carbons (Fsp3) is 0.250. The van der Waals surface area contributed by atoms with Crippen molar-refractivity contribution in [2.45, 2.75) is 29.9 Å². The predicted octanol–water partition coefficient (Wildman–Crippen LogP) is 6.31. The van der Waals surface area contributed by atoms with Crippen LogP contribution in [-0.4, -0.2) is 21.9 Å². The molecule has 3 aromatic rings. The summed E-state index contributed by atoms with van der Waals surface area (Å²) in [4.78, 5) is 0.645. The Hall–Kier alpha value is -1.96. The molecule has 2 heterocycles. The van der Waals surface area contributed by atoms with E-state index in [4.69, 9.17) is 32.7 Å². The van der Waals surface area contributed by atoms with Crippen molar-refractivity contribution in [1.82, 2.24) is 4.31 Å². The van der Waals surface area contributed by atoms with E-state index in [-0.39, 0.29) is 5.82 Å². The van der Waals surface area contributed by atoms with E-state index in [0.717, 1.165) is 32.4 Å². The Morgan fingerprint density at radius 3 is 2.31 bits per heavy atom. The van der Waals surface area contributed by atoms with Gasteiger partial charge in [-0.15, -0.1) is 4.31 Å².